The number of guanidine groups is 1. The molecule has 28 heavy (non-hydrogen) atoms. The molecule has 3 rings (SSSR count). The van der Waals surface area contributed by atoms with E-state index in [0.717, 1.165) is 31.2 Å². The zero-order valence-corrected chi connectivity index (χ0v) is 17.6. The van der Waals surface area contributed by atoms with Crippen molar-refractivity contribution in [2.45, 2.75) is 45.0 Å². The first kappa shape index (κ1) is 20.2. The minimum atomic E-state index is -0.215. The molecule has 1 unspecified atom stereocenters. The summed E-state index contributed by atoms with van der Waals surface area (Å²) in [6.45, 7) is 5.94. The molecule has 0 aliphatic carbocycles. The molecular weight excluding hydrogens is 348 g/mol. The van der Waals surface area contributed by atoms with Crippen molar-refractivity contribution >= 4 is 5.96 Å². The van der Waals surface area contributed by atoms with Crippen LogP contribution in [0.15, 0.2) is 53.5 Å². The Hall–Kier alpha value is -2.53. The second kappa shape index (κ2) is 8.65. The van der Waals surface area contributed by atoms with Gasteiger partial charge in [0.25, 0.3) is 0 Å². The first-order valence-electron chi connectivity index (χ1n) is 9.84. The third-order valence-electron chi connectivity index (χ3n) is 4.89. The number of benzene rings is 2. The summed E-state index contributed by atoms with van der Waals surface area (Å²) in [6, 6.07) is 17.1. The van der Waals surface area contributed by atoms with Crippen molar-refractivity contribution in [3.63, 3.8) is 0 Å². The lowest BCUT2D eigenvalue weighted by Gasteiger charge is -2.38. The summed E-state index contributed by atoms with van der Waals surface area (Å²) in [5.74, 6) is 1.75. The van der Waals surface area contributed by atoms with E-state index in [9.17, 15) is 0 Å². The number of hydrogen-bond acceptors (Lipinski definition) is 3. The summed E-state index contributed by atoms with van der Waals surface area (Å²) in [5.41, 5.74) is 3.51. The number of nitrogens with zero attached hydrogens (tertiary/aromatic N) is 2. The fraction of sp³-hybridized carbons (Fsp3) is 0.435. The lowest BCUT2D eigenvalue weighted by Crippen LogP contribution is -2.45. The van der Waals surface area contributed by atoms with Crippen molar-refractivity contribution in [3.8, 4) is 5.75 Å². The van der Waals surface area contributed by atoms with Crippen LogP contribution in [0.2, 0.25) is 0 Å². The fourth-order valence-electron chi connectivity index (χ4n) is 3.60. The van der Waals surface area contributed by atoms with E-state index in [4.69, 9.17) is 4.74 Å². The molecule has 2 N–H and O–H groups in total. The van der Waals surface area contributed by atoms with Gasteiger partial charge in [-0.25, -0.2) is 0 Å². The van der Waals surface area contributed by atoms with E-state index in [2.05, 4.69) is 84.9 Å². The Morgan fingerprint density at radius 1 is 1.11 bits per heavy atom. The van der Waals surface area contributed by atoms with Crippen molar-refractivity contribution < 1.29 is 4.74 Å². The number of para-hydroxylation sites is 1. The van der Waals surface area contributed by atoms with Gasteiger partial charge < -0.3 is 20.3 Å². The zero-order valence-electron chi connectivity index (χ0n) is 17.6. The van der Waals surface area contributed by atoms with Gasteiger partial charge in [0.2, 0.25) is 0 Å². The average molecular weight is 381 g/mol. The highest BCUT2D eigenvalue weighted by Crippen LogP contribution is 2.39. The molecule has 5 nitrogen and oxygen atoms in total. The van der Waals surface area contributed by atoms with Crippen LogP contribution in [-0.4, -0.2) is 37.6 Å². The molecule has 5 heteroatoms. The van der Waals surface area contributed by atoms with Gasteiger partial charge in [-0.1, -0.05) is 42.5 Å². The van der Waals surface area contributed by atoms with Crippen LogP contribution in [0.5, 0.6) is 5.75 Å². The SMILES string of the molecule is CN=C(NCc1ccc(CN(C)C)cc1)NC1CC(C)(C)Oc2ccccc21. The van der Waals surface area contributed by atoms with Crippen molar-refractivity contribution in [3.05, 3.63) is 65.2 Å². The number of rotatable bonds is 5. The summed E-state index contributed by atoms with van der Waals surface area (Å²) < 4.78 is 6.13. The predicted octanol–water partition coefficient (Wildman–Crippen LogP) is 3.72. The largest absolute Gasteiger partial charge is 0.487 e. The molecule has 0 fully saturated rings. The Balaban J connectivity index is 1.63. The molecule has 2 aromatic carbocycles. The van der Waals surface area contributed by atoms with Crippen LogP contribution in [0.1, 0.15) is 43.0 Å². The normalized spacial score (nSPS) is 18.4. The highest BCUT2D eigenvalue weighted by molar-refractivity contribution is 5.80. The average Bonchev–Trinajstić information content (AvgIpc) is 2.64. The highest BCUT2D eigenvalue weighted by Gasteiger charge is 2.33. The van der Waals surface area contributed by atoms with Crippen molar-refractivity contribution in [1.29, 1.82) is 0 Å². The van der Waals surface area contributed by atoms with Gasteiger partial charge >= 0.3 is 0 Å². The molecule has 2 aromatic rings. The second-order valence-electron chi connectivity index (χ2n) is 8.28. The second-order valence-corrected chi connectivity index (χ2v) is 8.28. The fourth-order valence-corrected chi connectivity index (χ4v) is 3.60. The molecule has 0 saturated heterocycles. The van der Waals surface area contributed by atoms with Crippen LogP contribution in [0.4, 0.5) is 0 Å². The van der Waals surface area contributed by atoms with Crippen LogP contribution in [0.25, 0.3) is 0 Å². The van der Waals surface area contributed by atoms with E-state index in [-0.39, 0.29) is 11.6 Å². The van der Waals surface area contributed by atoms with Crippen molar-refractivity contribution in [2.75, 3.05) is 21.1 Å². The molecule has 1 aliphatic heterocycles. The first-order chi connectivity index (χ1) is 13.4. The maximum atomic E-state index is 6.13. The smallest absolute Gasteiger partial charge is 0.191 e. The first-order valence-corrected chi connectivity index (χ1v) is 9.84. The number of ether oxygens (including phenoxy) is 1. The third kappa shape index (κ3) is 5.26. The van der Waals surface area contributed by atoms with Gasteiger partial charge in [0.15, 0.2) is 5.96 Å². The molecule has 0 amide bonds. The lowest BCUT2D eigenvalue weighted by molar-refractivity contribution is 0.0694. The minimum Gasteiger partial charge on any atom is -0.487 e. The molecule has 0 spiro atoms. The summed E-state index contributed by atoms with van der Waals surface area (Å²) in [5, 5.41) is 7.02. The minimum absolute atomic E-state index is 0.161. The number of aliphatic imine (C=N–C) groups is 1. The van der Waals surface area contributed by atoms with Crippen LogP contribution in [-0.2, 0) is 13.1 Å². The standard InChI is InChI=1S/C23H32N4O/c1-23(2)14-20(19-8-6-7-9-21(19)28-23)26-22(24-3)25-15-17-10-12-18(13-11-17)16-27(4)5/h6-13,20H,14-16H2,1-5H3,(H2,24,25,26). The van der Waals surface area contributed by atoms with Crippen molar-refractivity contribution in [1.82, 2.24) is 15.5 Å². The van der Waals surface area contributed by atoms with Crippen molar-refractivity contribution in [2.24, 2.45) is 4.99 Å². The highest BCUT2D eigenvalue weighted by atomic mass is 16.5. The van der Waals surface area contributed by atoms with Crippen LogP contribution < -0.4 is 15.4 Å². The zero-order chi connectivity index (χ0) is 20.1. The monoisotopic (exact) mass is 380 g/mol. The Labute approximate surface area is 168 Å². The number of nitrogens with one attached hydrogen (secondary N) is 2. The number of hydrogen-bond donors (Lipinski definition) is 2. The molecule has 1 atom stereocenters. The Kier molecular flexibility index (Phi) is 6.25. The molecule has 0 saturated carbocycles. The number of fused-ring (bicyclic) bond motifs is 1. The van der Waals surface area contributed by atoms with Crippen LogP contribution in [0, 0.1) is 0 Å². The van der Waals surface area contributed by atoms with Gasteiger partial charge in [0.1, 0.15) is 11.4 Å². The van der Waals surface area contributed by atoms with E-state index in [1.165, 1.54) is 16.7 Å². The topological polar surface area (TPSA) is 48.9 Å². The summed E-state index contributed by atoms with van der Waals surface area (Å²) in [4.78, 5) is 6.59. The Bertz CT molecular complexity index is 812. The molecular formula is C23H32N4O. The van der Waals surface area contributed by atoms with E-state index in [1.54, 1.807) is 0 Å². The quantitative estimate of drug-likeness (QED) is 0.613. The van der Waals surface area contributed by atoms with E-state index in [1.807, 2.05) is 19.2 Å². The molecule has 0 bridgehead atoms. The molecule has 1 aliphatic rings. The summed E-state index contributed by atoms with van der Waals surface area (Å²) in [6.07, 6.45) is 0.879. The third-order valence-corrected chi connectivity index (χ3v) is 4.89. The Morgan fingerprint density at radius 3 is 2.46 bits per heavy atom. The van der Waals surface area contributed by atoms with Gasteiger partial charge in [-0.3, -0.25) is 4.99 Å². The molecule has 0 aromatic heterocycles. The summed E-state index contributed by atoms with van der Waals surface area (Å²) in [7, 11) is 5.98. The molecule has 150 valence electrons. The van der Waals surface area contributed by atoms with Gasteiger partial charge in [-0.05, 0) is 45.1 Å². The maximum Gasteiger partial charge on any atom is 0.191 e. The van der Waals surface area contributed by atoms with Crippen LogP contribution >= 0.6 is 0 Å². The van der Waals surface area contributed by atoms with Gasteiger partial charge in [0, 0.05) is 32.1 Å². The van der Waals surface area contributed by atoms with Gasteiger partial charge in [-0.15, -0.1) is 0 Å². The Morgan fingerprint density at radius 2 is 1.79 bits per heavy atom. The van der Waals surface area contributed by atoms with E-state index >= 15 is 0 Å². The molecule has 1 heterocycles. The molecule has 0 radical (unpaired) electrons. The van der Waals surface area contributed by atoms with E-state index in [0.29, 0.717) is 0 Å². The summed E-state index contributed by atoms with van der Waals surface area (Å²) >= 11 is 0. The maximum absolute atomic E-state index is 6.13. The lowest BCUT2D eigenvalue weighted by atomic mass is 9.90. The predicted molar refractivity (Wildman–Crippen MR) is 116 cm³/mol. The van der Waals surface area contributed by atoms with Gasteiger partial charge in [0.05, 0.1) is 6.04 Å². The van der Waals surface area contributed by atoms with Crippen LogP contribution in [0.3, 0.4) is 0 Å². The van der Waals surface area contributed by atoms with Gasteiger partial charge in [-0.2, -0.15) is 0 Å². The van der Waals surface area contributed by atoms with E-state index < -0.39 is 0 Å².